The molecule has 0 saturated carbocycles. The van der Waals surface area contributed by atoms with Gasteiger partial charge in [0, 0.05) is 18.9 Å². The normalized spacial score (nSPS) is 10.5. The summed E-state index contributed by atoms with van der Waals surface area (Å²) in [5.41, 5.74) is 1.09. The summed E-state index contributed by atoms with van der Waals surface area (Å²) in [6.45, 7) is 6.67. The lowest BCUT2D eigenvalue weighted by molar-refractivity contribution is 0.0935. The van der Waals surface area contributed by atoms with Crippen molar-refractivity contribution in [2.45, 2.75) is 27.2 Å². The Balaban J connectivity index is 2.83. The van der Waals surface area contributed by atoms with Crippen molar-refractivity contribution in [1.29, 1.82) is 0 Å². The van der Waals surface area contributed by atoms with Crippen LogP contribution in [0.5, 0.6) is 0 Å². The summed E-state index contributed by atoms with van der Waals surface area (Å²) >= 11 is 0. The van der Waals surface area contributed by atoms with E-state index in [1.54, 1.807) is 12.3 Å². The Kier molecular flexibility index (Phi) is 5.53. The van der Waals surface area contributed by atoms with Crippen LogP contribution in [-0.2, 0) is 0 Å². The van der Waals surface area contributed by atoms with Gasteiger partial charge in [-0.25, -0.2) is 0 Å². The minimum atomic E-state index is -0.237. The van der Waals surface area contributed by atoms with E-state index < -0.39 is 0 Å². The third kappa shape index (κ3) is 4.72. The quantitative estimate of drug-likeness (QED) is 0.808. The van der Waals surface area contributed by atoms with Gasteiger partial charge in [-0.2, -0.15) is 0 Å². The molecule has 2 N–H and O–H groups in total. The zero-order valence-electron chi connectivity index (χ0n) is 11.7. The molecule has 0 aliphatic rings. The number of carbonyl (C=O) groups excluding carboxylic acids is 1. The molecule has 4 heteroatoms. The molecule has 1 aromatic rings. The highest BCUT2D eigenvalue weighted by Gasteiger charge is 2.17. The Morgan fingerprint density at radius 1 is 1.53 bits per heavy atom. The molecule has 0 aromatic carbocycles. The lowest BCUT2D eigenvalue weighted by Crippen LogP contribution is -2.34. The van der Waals surface area contributed by atoms with Gasteiger partial charge in [0.05, 0.1) is 11.1 Å². The Hall–Kier alpha value is -1.86. The first-order chi connectivity index (χ1) is 9.00. The monoisotopic (exact) mass is 260 g/mol. The van der Waals surface area contributed by atoms with Crippen LogP contribution in [0, 0.1) is 17.3 Å². The number of carbonyl (C=O) groups is 1. The second kappa shape index (κ2) is 6.91. The van der Waals surface area contributed by atoms with Crippen molar-refractivity contribution in [3.8, 4) is 11.8 Å². The standard InChI is InChI=1S/C15H20N2O2/c1-4-15(2,3)11-17-14(19)13-7-8-16-10-12(13)6-5-9-18/h7-8,10,18H,4,9,11H2,1-3H3,(H,17,19). The zero-order valence-corrected chi connectivity index (χ0v) is 11.7. The van der Waals surface area contributed by atoms with Crippen molar-refractivity contribution in [2.24, 2.45) is 5.41 Å². The molecule has 1 amide bonds. The van der Waals surface area contributed by atoms with E-state index in [4.69, 9.17) is 5.11 Å². The molecule has 1 aromatic heterocycles. The maximum atomic E-state index is 12.1. The van der Waals surface area contributed by atoms with Crippen molar-refractivity contribution >= 4 is 5.91 Å². The summed E-state index contributed by atoms with van der Waals surface area (Å²) < 4.78 is 0. The van der Waals surface area contributed by atoms with Crippen molar-refractivity contribution in [3.05, 3.63) is 29.6 Å². The van der Waals surface area contributed by atoms with Crippen molar-refractivity contribution in [3.63, 3.8) is 0 Å². The highest BCUT2D eigenvalue weighted by atomic mass is 16.2. The molecule has 4 nitrogen and oxygen atoms in total. The molecule has 0 saturated heterocycles. The number of nitrogens with one attached hydrogen (secondary N) is 1. The van der Waals surface area contributed by atoms with E-state index in [9.17, 15) is 4.79 Å². The summed E-state index contributed by atoms with van der Waals surface area (Å²) in [6.07, 6.45) is 4.08. The third-order valence-electron chi connectivity index (χ3n) is 3.05. The number of rotatable bonds is 4. The van der Waals surface area contributed by atoms with Gasteiger partial charge < -0.3 is 10.4 Å². The maximum absolute atomic E-state index is 12.1. The van der Waals surface area contributed by atoms with Crippen LogP contribution in [-0.4, -0.2) is 29.1 Å². The van der Waals surface area contributed by atoms with Crippen LogP contribution in [0.3, 0.4) is 0 Å². The first kappa shape index (κ1) is 15.2. The first-order valence-electron chi connectivity index (χ1n) is 6.32. The van der Waals surface area contributed by atoms with Crippen LogP contribution in [0.4, 0.5) is 0 Å². The largest absolute Gasteiger partial charge is 0.384 e. The van der Waals surface area contributed by atoms with Gasteiger partial charge in [0.15, 0.2) is 0 Å². The predicted molar refractivity (Wildman–Crippen MR) is 74.6 cm³/mol. The summed E-state index contributed by atoms with van der Waals surface area (Å²) in [4.78, 5) is 16.1. The lowest BCUT2D eigenvalue weighted by atomic mass is 9.90. The highest BCUT2D eigenvalue weighted by molar-refractivity contribution is 5.96. The Labute approximate surface area is 114 Å². The number of amides is 1. The summed E-state index contributed by atoms with van der Waals surface area (Å²) in [7, 11) is 0. The predicted octanol–water partition coefficient (Wildman–Crippen LogP) is 1.59. The van der Waals surface area contributed by atoms with Gasteiger partial charge in [0.25, 0.3) is 5.91 Å². The Bertz CT molecular complexity index is 498. The fourth-order valence-electron chi connectivity index (χ4n) is 1.37. The van der Waals surface area contributed by atoms with Gasteiger partial charge >= 0.3 is 0 Å². The third-order valence-corrected chi connectivity index (χ3v) is 3.05. The number of aliphatic hydroxyl groups is 1. The van der Waals surface area contributed by atoms with E-state index in [2.05, 4.69) is 42.9 Å². The van der Waals surface area contributed by atoms with Gasteiger partial charge in [-0.3, -0.25) is 9.78 Å². The molecule has 19 heavy (non-hydrogen) atoms. The van der Waals surface area contributed by atoms with Gasteiger partial charge in [0.2, 0.25) is 0 Å². The van der Waals surface area contributed by atoms with Crippen molar-refractivity contribution in [1.82, 2.24) is 10.3 Å². The number of aliphatic hydroxyl groups excluding tert-OH is 1. The molecule has 1 rings (SSSR count). The average Bonchev–Trinajstić information content (AvgIpc) is 2.43. The molecule has 0 aliphatic carbocycles. The van der Waals surface area contributed by atoms with Gasteiger partial charge in [-0.05, 0) is 17.9 Å². The van der Waals surface area contributed by atoms with Crippen LogP contribution in [0.15, 0.2) is 18.5 Å². The fourth-order valence-corrected chi connectivity index (χ4v) is 1.37. The molecule has 102 valence electrons. The maximum Gasteiger partial charge on any atom is 0.252 e. The molecular weight excluding hydrogens is 240 g/mol. The summed E-state index contributed by atoms with van der Waals surface area (Å²) in [5, 5.41) is 11.6. The SMILES string of the molecule is CCC(C)(C)CNC(=O)c1ccncc1C#CCO. The number of nitrogens with zero attached hydrogens (tertiary/aromatic N) is 1. The number of hydrogen-bond acceptors (Lipinski definition) is 3. The first-order valence-corrected chi connectivity index (χ1v) is 6.32. The molecule has 0 radical (unpaired) electrons. The number of pyridine rings is 1. The van der Waals surface area contributed by atoms with E-state index in [1.165, 1.54) is 6.20 Å². The van der Waals surface area contributed by atoms with Gasteiger partial charge in [-0.1, -0.05) is 32.6 Å². The molecule has 1 heterocycles. The molecule has 0 fully saturated rings. The van der Waals surface area contributed by atoms with E-state index in [0.29, 0.717) is 17.7 Å². The number of hydrogen-bond donors (Lipinski definition) is 2. The molecule has 0 aliphatic heterocycles. The van der Waals surface area contributed by atoms with Crippen LogP contribution < -0.4 is 5.32 Å². The minimum absolute atomic E-state index is 0.0691. The second-order valence-corrected chi connectivity index (χ2v) is 5.08. The smallest absolute Gasteiger partial charge is 0.252 e. The van der Waals surface area contributed by atoms with Crippen LogP contribution in [0.2, 0.25) is 0 Å². The molecule has 0 spiro atoms. The fraction of sp³-hybridized carbons (Fsp3) is 0.467. The van der Waals surface area contributed by atoms with E-state index >= 15 is 0 Å². The number of aromatic nitrogens is 1. The molecule has 0 bridgehead atoms. The Morgan fingerprint density at radius 2 is 2.26 bits per heavy atom. The van der Waals surface area contributed by atoms with Crippen LogP contribution >= 0.6 is 0 Å². The topological polar surface area (TPSA) is 62.2 Å². The molecule has 0 unspecified atom stereocenters. The van der Waals surface area contributed by atoms with Crippen LogP contribution in [0.25, 0.3) is 0 Å². The Morgan fingerprint density at radius 3 is 2.89 bits per heavy atom. The highest BCUT2D eigenvalue weighted by Crippen LogP contribution is 2.18. The lowest BCUT2D eigenvalue weighted by Gasteiger charge is -2.22. The minimum Gasteiger partial charge on any atom is -0.384 e. The van der Waals surface area contributed by atoms with E-state index in [0.717, 1.165) is 6.42 Å². The van der Waals surface area contributed by atoms with Crippen LogP contribution in [0.1, 0.15) is 43.1 Å². The van der Waals surface area contributed by atoms with Gasteiger partial charge in [0.1, 0.15) is 6.61 Å². The van der Waals surface area contributed by atoms with Gasteiger partial charge in [-0.15, -0.1) is 0 Å². The zero-order chi connectivity index (χ0) is 14.3. The van der Waals surface area contributed by atoms with E-state index in [1.807, 2.05) is 0 Å². The summed E-state index contributed by atoms with van der Waals surface area (Å²) in [6, 6.07) is 1.63. The van der Waals surface area contributed by atoms with Crippen molar-refractivity contribution < 1.29 is 9.90 Å². The molecular formula is C15H20N2O2. The molecule has 0 atom stereocenters. The second-order valence-electron chi connectivity index (χ2n) is 5.08. The summed E-state index contributed by atoms with van der Waals surface area (Å²) in [5.74, 6) is 5.10. The van der Waals surface area contributed by atoms with E-state index in [-0.39, 0.29) is 17.9 Å². The van der Waals surface area contributed by atoms with Crippen molar-refractivity contribution in [2.75, 3.05) is 13.2 Å². The average molecular weight is 260 g/mol.